The molecule has 0 aromatic rings. The summed E-state index contributed by atoms with van der Waals surface area (Å²) in [4.78, 5) is 0. The Morgan fingerprint density at radius 3 is 2.58 bits per heavy atom. The summed E-state index contributed by atoms with van der Waals surface area (Å²) in [5.74, 6) is 0.472. The first-order chi connectivity index (χ1) is 5.62. The summed E-state index contributed by atoms with van der Waals surface area (Å²) in [6.45, 7) is 4.89. The summed E-state index contributed by atoms with van der Waals surface area (Å²) in [7, 11) is -2.79. The summed E-state index contributed by atoms with van der Waals surface area (Å²) < 4.78 is 21.9. The van der Waals surface area contributed by atoms with Crippen molar-refractivity contribution in [3.8, 4) is 0 Å². The molecule has 0 fully saturated rings. The van der Waals surface area contributed by atoms with E-state index in [4.69, 9.17) is 0 Å². The molecule has 0 aromatic carbocycles. The molecule has 72 valence electrons. The molecule has 0 atom stereocenters. The second kappa shape index (κ2) is 6.20. The number of nitrogens with one attached hydrogen (secondary N) is 1. The van der Waals surface area contributed by atoms with Gasteiger partial charge in [0.2, 0.25) is 0 Å². The summed E-state index contributed by atoms with van der Waals surface area (Å²) in [5.41, 5.74) is 0. The van der Waals surface area contributed by atoms with Gasteiger partial charge in [0.15, 0.2) is 9.84 Å². The highest BCUT2D eigenvalue weighted by Crippen LogP contribution is 1.86. The van der Waals surface area contributed by atoms with Crippen molar-refractivity contribution in [1.29, 1.82) is 0 Å². The molecule has 0 saturated heterocycles. The van der Waals surface area contributed by atoms with Crippen LogP contribution in [0.5, 0.6) is 0 Å². The van der Waals surface area contributed by atoms with Crippen LogP contribution in [0.4, 0.5) is 0 Å². The molecule has 12 heavy (non-hydrogen) atoms. The molecule has 0 aromatic heterocycles. The second-order valence-corrected chi connectivity index (χ2v) is 4.98. The lowest BCUT2D eigenvalue weighted by atomic mass is 10.5. The van der Waals surface area contributed by atoms with Crippen LogP contribution in [-0.2, 0) is 9.84 Å². The zero-order valence-electron chi connectivity index (χ0n) is 7.71. The Morgan fingerprint density at radius 2 is 2.08 bits per heavy atom. The molecule has 0 heterocycles. The maximum Gasteiger partial charge on any atom is 0.151 e. The van der Waals surface area contributed by atoms with E-state index < -0.39 is 9.84 Å². The molecule has 0 rings (SSSR count). The van der Waals surface area contributed by atoms with Gasteiger partial charge in [-0.2, -0.15) is 0 Å². The normalized spacial score (nSPS) is 12.5. The molecule has 0 radical (unpaired) electrons. The van der Waals surface area contributed by atoms with Gasteiger partial charge < -0.3 is 5.32 Å². The summed E-state index contributed by atoms with van der Waals surface area (Å²) in [6, 6.07) is 0. The van der Waals surface area contributed by atoms with E-state index in [1.807, 2.05) is 19.1 Å². The van der Waals surface area contributed by atoms with Crippen molar-refractivity contribution in [2.75, 3.05) is 24.6 Å². The third kappa shape index (κ3) is 6.37. The molecule has 4 heteroatoms. The van der Waals surface area contributed by atoms with E-state index in [1.165, 1.54) is 0 Å². The predicted octanol–water partition coefficient (Wildman–Crippen LogP) is 0.587. The Morgan fingerprint density at radius 1 is 1.42 bits per heavy atom. The van der Waals surface area contributed by atoms with E-state index in [2.05, 4.69) is 5.32 Å². The largest absolute Gasteiger partial charge is 0.312 e. The minimum absolute atomic E-state index is 0.234. The maximum absolute atomic E-state index is 11.0. The fraction of sp³-hybridized carbons (Fsp3) is 0.750. The molecule has 0 aliphatic heterocycles. The van der Waals surface area contributed by atoms with Gasteiger partial charge in [-0.15, -0.1) is 0 Å². The lowest BCUT2D eigenvalue weighted by Gasteiger charge is -2.01. The molecular weight excluding hydrogens is 174 g/mol. The highest BCUT2D eigenvalue weighted by atomic mass is 32.2. The number of hydrogen-bond acceptors (Lipinski definition) is 3. The van der Waals surface area contributed by atoms with Gasteiger partial charge in [0.05, 0.1) is 5.75 Å². The molecule has 0 unspecified atom stereocenters. The SMILES string of the molecule is C/C=C/CNCCS(=O)(=O)CC. The van der Waals surface area contributed by atoms with Gasteiger partial charge in [-0.25, -0.2) is 8.42 Å². The zero-order valence-corrected chi connectivity index (χ0v) is 8.52. The smallest absolute Gasteiger partial charge is 0.151 e. The van der Waals surface area contributed by atoms with Gasteiger partial charge in [0.1, 0.15) is 0 Å². The average molecular weight is 191 g/mol. The van der Waals surface area contributed by atoms with Gasteiger partial charge >= 0.3 is 0 Å². The fourth-order valence-corrected chi connectivity index (χ4v) is 1.42. The van der Waals surface area contributed by atoms with Crippen LogP contribution >= 0.6 is 0 Å². The van der Waals surface area contributed by atoms with E-state index in [-0.39, 0.29) is 11.5 Å². The van der Waals surface area contributed by atoms with E-state index in [9.17, 15) is 8.42 Å². The molecule has 0 aliphatic rings. The maximum atomic E-state index is 11.0. The number of allylic oxidation sites excluding steroid dienone is 1. The molecule has 0 spiro atoms. The van der Waals surface area contributed by atoms with E-state index in [0.29, 0.717) is 6.54 Å². The first-order valence-corrected chi connectivity index (χ1v) is 5.97. The van der Waals surface area contributed by atoms with Gasteiger partial charge in [-0.3, -0.25) is 0 Å². The van der Waals surface area contributed by atoms with Crippen LogP contribution in [0.25, 0.3) is 0 Å². The minimum Gasteiger partial charge on any atom is -0.312 e. The van der Waals surface area contributed by atoms with Crippen molar-refractivity contribution in [2.45, 2.75) is 13.8 Å². The monoisotopic (exact) mass is 191 g/mol. The van der Waals surface area contributed by atoms with Gasteiger partial charge in [-0.1, -0.05) is 19.1 Å². The minimum atomic E-state index is -2.79. The van der Waals surface area contributed by atoms with Gasteiger partial charge in [-0.05, 0) is 6.92 Å². The van der Waals surface area contributed by atoms with Crippen LogP contribution in [0.3, 0.4) is 0 Å². The Bertz CT molecular complexity index is 219. The number of rotatable bonds is 6. The average Bonchev–Trinajstić information content (AvgIpc) is 2.04. The summed E-state index contributed by atoms with van der Waals surface area (Å²) >= 11 is 0. The Kier molecular flexibility index (Phi) is 6.02. The molecule has 0 saturated carbocycles. The quantitative estimate of drug-likeness (QED) is 0.493. The van der Waals surface area contributed by atoms with Crippen molar-refractivity contribution in [3.05, 3.63) is 12.2 Å². The molecule has 0 aliphatic carbocycles. The van der Waals surface area contributed by atoms with Crippen molar-refractivity contribution in [1.82, 2.24) is 5.32 Å². The highest BCUT2D eigenvalue weighted by Gasteiger charge is 2.04. The number of hydrogen-bond donors (Lipinski definition) is 1. The van der Waals surface area contributed by atoms with Crippen LogP contribution in [0.1, 0.15) is 13.8 Å². The van der Waals surface area contributed by atoms with Crippen LogP contribution < -0.4 is 5.32 Å². The lowest BCUT2D eigenvalue weighted by Crippen LogP contribution is -2.23. The predicted molar refractivity (Wildman–Crippen MR) is 52.0 cm³/mol. The van der Waals surface area contributed by atoms with Crippen LogP contribution in [0, 0.1) is 0 Å². The Hall–Kier alpha value is -0.350. The molecule has 1 N–H and O–H groups in total. The standard InChI is InChI=1S/C8H17NO2S/c1-3-5-6-9-7-8-12(10,11)4-2/h3,5,9H,4,6-8H2,1-2H3/b5-3+. The van der Waals surface area contributed by atoms with Crippen LogP contribution in [0.15, 0.2) is 12.2 Å². The van der Waals surface area contributed by atoms with Crippen LogP contribution in [0.2, 0.25) is 0 Å². The van der Waals surface area contributed by atoms with E-state index in [0.717, 1.165) is 6.54 Å². The van der Waals surface area contributed by atoms with Crippen molar-refractivity contribution < 1.29 is 8.42 Å². The lowest BCUT2D eigenvalue weighted by molar-refractivity contribution is 0.594. The van der Waals surface area contributed by atoms with Crippen molar-refractivity contribution in [3.63, 3.8) is 0 Å². The summed E-state index contributed by atoms with van der Waals surface area (Å²) in [5, 5.41) is 3.01. The Labute approximate surface area is 74.8 Å². The Balaban J connectivity index is 3.44. The van der Waals surface area contributed by atoms with E-state index >= 15 is 0 Å². The fourth-order valence-electron chi connectivity index (χ4n) is 0.675. The first-order valence-electron chi connectivity index (χ1n) is 4.14. The number of sulfone groups is 1. The highest BCUT2D eigenvalue weighted by molar-refractivity contribution is 7.91. The second-order valence-electron chi connectivity index (χ2n) is 2.51. The summed E-state index contributed by atoms with van der Waals surface area (Å²) in [6.07, 6.45) is 3.89. The first kappa shape index (κ1) is 11.6. The van der Waals surface area contributed by atoms with Crippen molar-refractivity contribution >= 4 is 9.84 Å². The molecule has 0 amide bonds. The zero-order chi connectivity index (χ0) is 9.45. The molecular formula is C8H17NO2S. The molecule has 0 bridgehead atoms. The van der Waals surface area contributed by atoms with Gasteiger partial charge in [0, 0.05) is 18.8 Å². The van der Waals surface area contributed by atoms with E-state index in [1.54, 1.807) is 6.92 Å². The van der Waals surface area contributed by atoms with Crippen LogP contribution in [-0.4, -0.2) is 33.0 Å². The third-order valence-electron chi connectivity index (χ3n) is 1.53. The van der Waals surface area contributed by atoms with Crippen molar-refractivity contribution in [2.24, 2.45) is 0 Å². The molecule has 3 nitrogen and oxygen atoms in total. The topological polar surface area (TPSA) is 46.2 Å². The van der Waals surface area contributed by atoms with Gasteiger partial charge in [0.25, 0.3) is 0 Å². The third-order valence-corrected chi connectivity index (χ3v) is 3.23.